The molecule has 0 fully saturated rings. The molecule has 0 atom stereocenters. The van der Waals surface area contributed by atoms with Crippen LogP contribution in [-0.4, -0.2) is 29.1 Å². The lowest BCUT2D eigenvalue weighted by atomic mass is 10.1. The van der Waals surface area contributed by atoms with Gasteiger partial charge in [-0.3, -0.25) is 4.79 Å². The van der Waals surface area contributed by atoms with Crippen LogP contribution in [0.15, 0.2) is 22.9 Å². The van der Waals surface area contributed by atoms with Gasteiger partial charge >= 0.3 is 6.18 Å². The Bertz CT molecular complexity index is 692. The molecule has 0 saturated carbocycles. The van der Waals surface area contributed by atoms with Crippen molar-refractivity contribution in [2.45, 2.75) is 32.9 Å². The van der Waals surface area contributed by atoms with Crippen molar-refractivity contribution in [3.8, 4) is 0 Å². The first-order chi connectivity index (χ1) is 11.8. The molecule has 2 aromatic rings. The van der Waals surface area contributed by atoms with Crippen molar-refractivity contribution in [2.75, 3.05) is 18.4 Å². The minimum Gasteiger partial charge on any atom is -0.370 e. The number of nitrogens with zero attached hydrogens (tertiary/aromatic N) is 2. The molecule has 6 nitrogen and oxygen atoms in total. The SMILES string of the molecule is Cc1noc(C)c1CC(=O)NCCCNc1ccc(C(F)(F)F)cn1. The Balaban J connectivity index is 1.67. The van der Waals surface area contributed by atoms with E-state index in [2.05, 4.69) is 20.8 Å². The molecule has 0 aliphatic heterocycles. The molecule has 0 saturated heterocycles. The van der Waals surface area contributed by atoms with Gasteiger partial charge in [0.05, 0.1) is 17.7 Å². The van der Waals surface area contributed by atoms with Gasteiger partial charge in [-0.05, 0) is 32.4 Å². The van der Waals surface area contributed by atoms with Gasteiger partial charge in [0.1, 0.15) is 11.6 Å². The number of pyridine rings is 1. The largest absolute Gasteiger partial charge is 0.417 e. The molecule has 2 N–H and O–H groups in total. The molecule has 2 rings (SSSR count). The van der Waals surface area contributed by atoms with Crippen LogP contribution < -0.4 is 10.6 Å². The van der Waals surface area contributed by atoms with Crippen LogP contribution in [0.5, 0.6) is 0 Å². The van der Waals surface area contributed by atoms with Gasteiger partial charge in [0, 0.05) is 24.8 Å². The van der Waals surface area contributed by atoms with Gasteiger partial charge in [-0.2, -0.15) is 13.2 Å². The second kappa shape index (κ2) is 8.00. The van der Waals surface area contributed by atoms with Gasteiger partial charge in [0.2, 0.25) is 5.91 Å². The fourth-order valence-electron chi connectivity index (χ4n) is 2.18. The molecule has 25 heavy (non-hydrogen) atoms. The van der Waals surface area contributed by atoms with Crippen LogP contribution in [0.4, 0.5) is 19.0 Å². The third-order valence-electron chi connectivity index (χ3n) is 3.59. The molecular formula is C16H19F3N4O2. The van der Waals surface area contributed by atoms with Crippen molar-refractivity contribution in [3.63, 3.8) is 0 Å². The molecule has 0 radical (unpaired) electrons. The van der Waals surface area contributed by atoms with Crippen molar-refractivity contribution < 1.29 is 22.5 Å². The van der Waals surface area contributed by atoms with Gasteiger partial charge < -0.3 is 15.2 Å². The third-order valence-corrected chi connectivity index (χ3v) is 3.59. The quantitative estimate of drug-likeness (QED) is 0.746. The van der Waals surface area contributed by atoms with Crippen molar-refractivity contribution in [3.05, 3.63) is 40.9 Å². The Morgan fingerprint density at radius 1 is 1.24 bits per heavy atom. The first kappa shape index (κ1) is 18.8. The van der Waals surface area contributed by atoms with E-state index < -0.39 is 11.7 Å². The minimum absolute atomic E-state index is 0.137. The average molecular weight is 356 g/mol. The fraction of sp³-hybridized carbons (Fsp3) is 0.438. The summed E-state index contributed by atoms with van der Waals surface area (Å²) in [6, 6.07) is 2.25. The third kappa shape index (κ3) is 5.47. The lowest BCUT2D eigenvalue weighted by Crippen LogP contribution is -2.27. The number of amides is 1. The standard InChI is InChI=1S/C16H19F3N4O2/c1-10-13(11(2)25-23-10)8-15(24)21-7-3-6-20-14-5-4-12(9-22-14)16(17,18)19/h4-5,9H,3,6-8H2,1-2H3,(H,20,22)(H,21,24). The maximum absolute atomic E-state index is 12.4. The highest BCUT2D eigenvalue weighted by Gasteiger charge is 2.30. The summed E-state index contributed by atoms with van der Waals surface area (Å²) in [5.74, 6) is 0.847. The molecule has 0 aromatic carbocycles. The van der Waals surface area contributed by atoms with Crippen molar-refractivity contribution in [2.24, 2.45) is 0 Å². The number of hydrogen-bond acceptors (Lipinski definition) is 5. The van der Waals surface area contributed by atoms with E-state index in [0.29, 0.717) is 36.8 Å². The number of nitrogens with one attached hydrogen (secondary N) is 2. The molecule has 2 heterocycles. The number of rotatable bonds is 7. The smallest absolute Gasteiger partial charge is 0.370 e. The highest BCUT2D eigenvalue weighted by Crippen LogP contribution is 2.28. The molecule has 136 valence electrons. The Morgan fingerprint density at radius 2 is 2.00 bits per heavy atom. The summed E-state index contributed by atoms with van der Waals surface area (Å²) in [6.45, 7) is 4.45. The molecular weight excluding hydrogens is 337 g/mol. The van der Waals surface area contributed by atoms with E-state index >= 15 is 0 Å². The molecule has 1 amide bonds. The van der Waals surface area contributed by atoms with E-state index in [1.54, 1.807) is 13.8 Å². The second-order valence-electron chi connectivity index (χ2n) is 5.54. The predicted molar refractivity (Wildman–Crippen MR) is 85.0 cm³/mol. The molecule has 0 aliphatic rings. The number of aryl methyl sites for hydroxylation is 2. The average Bonchev–Trinajstić information content (AvgIpc) is 2.86. The first-order valence-corrected chi connectivity index (χ1v) is 7.73. The zero-order chi connectivity index (χ0) is 18.4. The number of aromatic nitrogens is 2. The minimum atomic E-state index is -4.39. The van der Waals surface area contributed by atoms with Crippen LogP contribution in [0, 0.1) is 13.8 Å². The van der Waals surface area contributed by atoms with Gasteiger partial charge in [0.15, 0.2) is 0 Å². The van der Waals surface area contributed by atoms with Gasteiger partial charge in [-0.15, -0.1) is 0 Å². The number of alkyl halides is 3. The van der Waals surface area contributed by atoms with E-state index in [1.807, 2.05) is 0 Å². The number of carbonyl (C=O) groups excluding carboxylic acids is 1. The van der Waals surface area contributed by atoms with Crippen LogP contribution in [-0.2, 0) is 17.4 Å². The Labute approximate surface area is 142 Å². The Hall–Kier alpha value is -2.58. The monoisotopic (exact) mass is 356 g/mol. The summed E-state index contributed by atoms with van der Waals surface area (Å²) in [7, 11) is 0. The zero-order valence-electron chi connectivity index (χ0n) is 13.9. The highest BCUT2D eigenvalue weighted by atomic mass is 19.4. The van der Waals surface area contributed by atoms with Gasteiger partial charge in [-0.25, -0.2) is 4.98 Å². The summed E-state index contributed by atoms with van der Waals surface area (Å²) in [4.78, 5) is 15.6. The van der Waals surface area contributed by atoms with E-state index in [1.165, 1.54) is 6.07 Å². The molecule has 2 aromatic heterocycles. The van der Waals surface area contributed by atoms with E-state index in [0.717, 1.165) is 17.8 Å². The van der Waals surface area contributed by atoms with Crippen LogP contribution in [0.3, 0.4) is 0 Å². The summed E-state index contributed by atoms with van der Waals surface area (Å²) in [5, 5.41) is 9.47. The van der Waals surface area contributed by atoms with Crippen molar-refractivity contribution in [1.82, 2.24) is 15.5 Å². The topological polar surface area (TPSA) is 80.0 Å². The predicted octanol–water partition coefficient (Wildman–Crippen LogP) is 2.87. The Morgan fingerprint density at radius 3 is 2.56 bits per heavy atom. The van der Waals surface area contributed by atoms with Crippen molar-refractivity contribution in [1.29, 1.82) is 0 Å². The zero-order valence-corrected chi connectivity index (χ0v) is 13.9. The normalized spacial score (nSPS) is 11.4. The lowest BCUT2D eigenvalue weighted by Gasteiger charge is -2.09. The maximum Gasteiger partial charge on any atom is 0.417 e. The summed E-state index contributed by atoms with van der Waals surface area (Å²) >= 11 is 0. The summed E-state index contributed by atoms with van der Waals surface area (Å²) in [6.07, 6.45) is -2.80. The molecule has 0 spiro atoms. The fourth-order valence-corrected chi connectivity index (χ4v) is 2.18. The Kier molecular flexibility index (Phi) is 6.00. The van der Waals surface area contributed by atoms with Gasteiger partial charge in [-0.1, -0.05) is 5.16 Å². The highest BCUT2D eigenvalue weighted by molar-refractivity contribution is 5.78. The summed E-state index contributed by atoms with van der Waals surface area (Å²) in [5.41, 5.74) is 0.692. The number of carbonyl (C=O) groups is 1. The van der Waals surface area contributed by atoms with E-state index in [9.17, 15) is 18.0 Å². The molecule has 9 heteroatoms. The number of hydrogen-bond donors (Lipinski definition) is 2. The second-order valence-corrected chi connectivity index (χ2v) is 5.54. The lowest BCUT2D eigenvalue weighted by molar-refractivity contribution is -0.137. The van der Waals surface area contributed by atoms with Crippen LogP contribution in [0.1, 0.15) is 29.0 Å². The van der Waals surface area contributed by atoms with Gasteiger partial charge in [0.25, 0.3) is 0 Å². The van der Waals surface area contributed by atoms with Crippen molar-refractivity contribution >= 4 is 11.7 Å². The molecule has 0 aliphatic carbocycles. The summed E-state index contributed by atoms with van der Waals surface area (Å²) < 4.78 is 42.3. The maximum atomic E-state index is 12.4. The number of halogens is 3. The van der Waals surface area contributed by atoms with E-state index in [4.69, 9.17) is 4.52 Å². The molecule has 0 bridgehead atoms. The van der Waals surface area contributed by atoms with Crippen LogP contribution in [0.25, 0.3) is 0 Å². The number of anilines is 1. The first-order valence-electron chi connectivity index (χ1n) is 7.73. The van der Waals surface area contributed by atoms with Crippen LogP contribution >= 0.6 is 0 Å². The van der Waals surface area contributed by atoms with E-state index in [-0.39, 0.29) is 12.3 Å². The van der Waals surface area contributed by atoms with Crippen LogP contribution in [0.2, 0.25) is 0 Å². The molecule has 0 unspecified atom stereocenters.